The number of carbonyl (C=O) groups is 1. The van der Waals surface area contributed by atoms with E-state index in [1.54, 1.807) is 11.3 Å². The van der Waals surface area contributed by atoms with Crippen molar-refractivity contribution < 1.29 is 4.79 Å². The van der Waals surface area contributed by atoms with E-state index in [1.165, 1.54) is 24.3 Å². The van der Waals surface area contributed by atoms with Gasteiger partial charge in [-0.15, -0.1) is 11.3 Å². The fourth-order valence-electron chi connectivity index (χ4n) is 1.72. The summed E-state index contributed by atoms with van der Waals surface area (Å²) in [6.45, 7) is 0.839. The SMILES string of the molecule is O=C(NCC1CCSCC1)c1csc(I)c1. The van der Waals surface area contributed by atoms with E-state index in [9.17, 15) is 4.79 Å². The van der Waals surface area contributed by atoms with Gasteiger partial charge in [0, 0.05) is 11.9 Å². The van der Waals surface area contributed by atoms with E-state index in [-0.39, 0.29) is 5.91 Å². The minimum atomic E-state index is 0.0809. The lowest BCUT2D eigenvalue weighted by Crippen LogP contribution is -2.30. The normalized spacial score (nSPS) is 17.3. The molecule has 0 aliphatic carbocycles. The van der Waals surface area contributed by atoms with Crippen molar-refractivity contribution in [2.45, 2.75) is 12.8 Å². The van der Waals surface area contributed by atoms with Gasteiger partial charge in [-0.05, 0) is 58.9 Å². The molecule has 2 heterocycles. The van der Waals surface area contributed by atoms with Crippen LogP contribution in [0.5, 0.6) is 0 Å². The minimum absolute atomic E-state index is 0.0809. The zero-order valence-corrected chi connectivity index (χ0v) is 12.7. The van der Waals surface area contributed by atoms with Gasteiger partial charge < -0.3 is 5.32 Å². The number of hydrogen-bond donors (Lipinski definition) is 1. The first kappa shape index (κ1) is 12.7. The van der Waals surface area contributed by atoms with Gasteiger partial charge in [-0.25, -0.2) is 0 Å². The van der Waals surface area contributed by atoms with Crippen molar-refractivity contribution in [3.05, 3.63) is 19.9 Å². The molecule has 1 saturated heterocycles. The van der Waals surface area contributed by atoms with Crippen molar-refractivity contribution in [1.82, 2.24) is 5.32 Å². The number of thioether (sulfide) groups is 1. The van der Waals surface area contributed by atoms with Crippen molar-refractivity contribution in [2.24, 2.45) is 5.92 Å². The van der Waals surface area contributed by atoms with E-state index in [1.807, 2.05) is 23.2 Å². The van der Waals surface area contributed by atoms with Gasteiger partial charge in [-0.1, -0.05) is 0 Å². The number of halogens is 1. The monoisotopic (exact) mass is 367 g/mol. The van der Waals surface area contributed by atoms with E-state index in [0.29, 0.717) is 5.92 Å². The third-order valence-electron chi connectivity index (χ3n) is 2.72. The molecule has 1 fully saturated rings. The Hall–Kier alpha value is 0.250. The molecule has 1 N–H and O–H groups in total. The predicted molar refractivity (Wildman–Crippen MR) is 79.4 cm³/mol. The summed E-state index contributed by atoms with van der Waals surface area (Å²) in [5, 5.41) is 4.96. The largest absolute Gasteiger partial charge is 0.352 e. The third-order valence-corrected chi connectivity index (χ3v) is 5.56. The highest BCUT2D eigenvalue weighted by Crippen LogP contribution is 2.22. The molecule has 16 heavy (non-hydrogen) atoms. The highest BCUT2D eigenvalue weighted by atomic mass is 127. The first-order valence-corrected chi connectivity index (χ1v) is 8.47. The van der Waals surface area contributed by atoms with Crippen LogP contribution in [0.2, 0.25) is 0 Å². The molecule has 2 nitrogen and oxygen atoms in total. The molecule has 1 amide bonds. The van der Waals surface area contributed by atoms with Gasteiger partial charge >= 0.3 is 0 Å². The number of nitrogens with one attached hydrogen (secondary N) is 1. The molecule has 0 radical (unpaired) electrons. The molecule has 88 valence electrons. The number of carbonyl (C=O) groups excluding carboxylic acids is 1. The quantitative estimate of drug-likeness (QED) is 0.832. The number of thiophene rings is 1. The Morgan fingerprint density at radius 3 is 2.88 bits per heavy atom. The zero-order chi connectivity index (χ0) is 11.4. The highest BCUT2D eigenvalue weighted by Gasteiger charge is 2.15. The van der Waals surface area contributed by atoms with Gasteiger partial charge in [0.15, 0.2) is 0 Å². The Morgan fingerprint density at radius 2 is 2.25 bits per heavy atom. The summed E-state index contributed by atoms with van der Waals surface area (Å²) >= 11 is 5.88. The van der Waals surface area contributed by atoms with Crippen LogP contribution in [0.4, 0.5) is 0 Å². The van der Waals surface area contributed by atoms with Gasteiger partial charge in [0.2, 0.25) is 0 Å². The summed E-state index contributed by atoms with van der Waals surface area (Å²) in [6, 6.07) is 1.94. The Kier molecular flexibility index (Phi) is 4.97. The molecule has 2 rings (SSSR count). The van der Waals surface area contributed by atoms with E-state index < -0.39 is 0 Å². The summed E-state index contributed by atoms with van der Waals surface area (Å²) in [7, 11) is 0. The second-order valence-electron chi connectivity index (χ2n) is 3.91. The molecule has 0 spiro atoms. The molecule has 1 aliphatic heterocycles. The smallest absolute Gasteiger partial charge is 0.252 e. The summed E-state index contributed by atoms with van der Waals surface area (Å²) in [6.07, 6.45) is 2.48. The molecule has 1 aromatic rings. The maximum Gasteiger partial charge on any atom is 0.252 e. The van der Waals surface area contributed by atoms with E-state index in [4.69, 9.17) is 0 Å². The maximum atomic E-state index is 11.8. The van der Waals surface area contributed by atoms with Crippen LogP contribution >= 0.6 is 45.7 Å². The Morgan fingerprint density at radius 1 is 1.50 bits per heavy atom. The fraction of sp³-hybridized carbons (Fsp3) is 0.545. The molecular formula is C11H14INOS2. The molecule has 0 atom stereocenters. The van der Waals surface area contributed by atoms with Crippen LogP contribution in [0.25, 0.3) is 0 Å². The standard InChI is InChI=1S/C11H14INOS2/c12-10-5-9(7-16-10)11(14)13-6-8-1-3-15-4-2-8/h5,7-8H,1-4,6H2,(H,13,14). The molecular weight excluding hydrogens is 353 g/mol. The summed E-state index contributed by atoms with van der Waals surface area (Å²) < 4.78 is 1.16. The predicted octanol–water partition coefficient (Wildman–Crippen LogP) is 3.23. The molecule has 5 heteroatoms. The molecule has 0 unspecified atom stereocenters. The van der Waals surface area contributed by atoms with Crippen molar-refractivity contribution in [3.63, 3.8) is 0 Å². The van der Waals surface area contributed by atoms with Crippen LogP contribution in [-0.4, -0.2) is 24.0 Å². The Labute approximate surface area is 118 Å². The van der Waals surface area contributed by atoms with Gasteiger partial charge in [0.25, 0.3) is 5.91 Å². The second-order valence-corrected chi connectivity index (χ2v) is 7.94. The number of hydrogen-bond acceptors (Lipinski definition) is 3. The van der Waals surface area contributed by atoms with Crippen molar-refractivity contribution in [1.29, 1.82) is 0 Å². The van der Waals surface area contributed by atoms with Gasteiger partial charge in [0.05, 0.1) is 8.45 Å². The Balaban J connectivity index is 1.79. The lowest BCUT2D eigenvalue weighted by molar-refractivity contribution is 0.0947. The topological polar surface area (TPSA) is 29.1 Å². The molecule has 0 aromatic carbocycles. The third kappa shape index (κ3) is 3.63. The number of amides is 1. The van der Waals surface area contributed by atoms with Gasteiger partial charge in [-0.3, -0.25) is 4.79 Å². The summed E-state index contributed by atoms with van der Waals surface area (Å²) in [5.74, 6) is 3.26. The minimum Gasteiger partial charge on any atom is -0.352 e. The average molecular weight is 367 g/mol. The lowest BCUT2D eigenvalue weighted by atomic mass is 10.0. The van der Waals surface area contributed by atoms with Gasteiger partial charge in [0.1, 0.15) is 0 Å². The average Bonchev–Trinajstić information content (AvgIpc) is 2.74. The molecule has 0 saturated carbocycles. The van der Waals surface area contributed by atoms with Crippen LogP contribution in [0.3, 0.4) is 0 Å². The van der Waals surface area contributed by atoms with Crippen LogP contribution in [0.15, 0.2) is 11.4 Å². The maximum absolute atomic E-state index is 11.8. The first-order valence-electron chi connectivity index (χ1n) is 5.35. The van der Waals surface area contributed by atoms with Crippen molar-refractivity contribution in [3.8, 4) is 0 Å². The lowest BCUT2D eigenvalue weighted by Gasteiger charge is -2.21. The van der Waals surface area contributed by atoms with E-state index >= 15 is 0 Å². The first-order chi connectivity index (χ1) is 7.75. The van der Waals surface area contributed by atoms with E-state index in [2.05, 4.69) is 27.9 Å². The summed E-state index contributed by atoms with van der Waals surface area (Å²) in [5.41, 5.74) is 0.805. The Bertz CT molecular complexity index is 361. The summed E-state index contributed by atoms with van der Waals surface area (Å²) in [4.78, 5) is 11.8. The molecule has 1 aromatic heterocycles. The van der Waals surface area contributed by atoms with Gasteiger partial charge in [-0.2, -0.15) is 11.8 Å². The molecule has 0 bridgehead atoms. The molecule has 1 aliphatic rings. The van der Waals surface area contributed by atoms with Crippen LogP contribution < -0.4 is 5.32 Å². The van der Waals surface area contributed by atoms with Crippen molar-refractivity contribution >= 4 is 51.6 Å². The zero-order valence-electron chi connectivity index (χ0n) is 8.87. The van der Waals surface area contributed by atoms with E-state index in [0.717, 1.165) is 15.0 Å². The second kappa shape index (κ2) is 6.26. The van der Waals surface area contributed by atoms with Crippen LogP contribution in [0, 0.1) is 8.80 Å². The van der Waals surface area contributed by atoms with Crippen LogP contribution in [0.1, 0.15) is 23.2 Å². The van der Waals surface area contributed by atoms with Crippen LogP contribution in [-0.2, 0) is 0 Å². The highest BCUT2D eigenvalue weighted by molar-refractivity contribution is 14.1. The van der Waals surface area contributed by atoms with Crippen molar-refractivity contribution in [2.75, 3.05) is 18.1 Å². The fourth-order valence-corrected chi connectivity index (χ4v) is 4.25. The number of rotatable bonds is 3.